The summed E-state index contributed by atoms with van der Waals surface area (Å²) < 4.78 is 5.24. The van der Waals surface area contributed by atoms with Gasteiger partial charge in [-0.3, -0.25) is 4.79 Å². The minimum Gasteiger partial charge on any atom is -0.496 e. The monoisotopic (exact) mass is 276 g/mol. The fraction of sp³-hybridized carbons (Fsp3) is 0.562. The number of nitrogens with one attached hydrogen (secondary N) is 2. The van der Waals surface area contributed by atoms with Gasteiger partial charge in [0.15, 0.2) is 0 Å². The SMILES string of the molecule is CCC1(C(=O)Nc2ccc(OC)c(C)c2)CCNCC1. The zero-order valence-electron chi connectivity index (χ0n) is 12.6. The van der Waals surface area contributed by atoms with Gasteiger partial charge in [0.1, 0.15) is 5.75 Å². The molecule has 0 saturated carbocycles. The van der Waals surface area contributed by atoms with E-state index in [0.29, 0.717) is 0 Å². The van der Waals surface area contributed by atoms with Crippen LogP contribution in [0.5, 0.6) is 5.75 Å². The lowest BCUT2D eigenvalue weighted by atomic mass is 9.76. The molecule has 1 aromatic rings. The first-order valence-corrected chi connectivity index (χ1v) is 7.28. The number of aryl methyl sites for hydroxylation is 1. The van der Waals surface area contributed by atoms with Crippen molar-refractivity contribution < 1.29 is 9.53 Å². The molecule has 0 unspecified atom stereocenters. The number of ether oxygens (including phenoxy) is 1. The van der Waals surface area contributed by atoms with Gasteiger partial charge in [0.2, 0.25) is 5.91 Å². The van der Waals surface area contributed by atoms with E-state index in [1.54, 1.807) is 7.11 Å². The lowest BCUT2D eigenvalue weighted by Crippen LogP contribution is -2.44. The van der Waals surface area contributed by atoms with Gasteiger partial charge in [-0.15, -0.1) is 0 Å². The van der Waals surface area contributed by atoms with Crippen molar-refractivity contribution in [2.75, 3.05) is 25.5 Å². The molecule has 1 amide bonds. The lowest BCUT2D eigenvalue weighted by molar-refractivity contribution is -0.127. The van der Waals surface area contributed by atoms with Gasteiger partial charge in [0, 0.05) is 5.69 Å². The normalized spacial score (nSPS) is 17.6. The van der Waals surface area contributed by atoms with E-state index in [1.165, 1.54) is 0 Å². The highest BCUT2D eigenvalue weighted by Crippen LogP contribution is 2.34. The highest BCUT2D eigenvalue weighted by molar-refractivity contribution is 5.95. The Labute approximate surface area is 120 Å². The van der Waals surface area contributed by atoms with Crippen LogP contribution in [0.15, 0.2) is 18.2 Å². The standard InChI is InChI=1S/C16H24N2O2/c1-4-16(7-9-17-10-8-16)15(19)18-13-5-6-14(20-3)12(2)11-13/h5-6,11,17H,4,7-10H2,1-3H3,(H,18,19). The molecule has 1 aromatic carbocycles. The van der Waals surface area contributed by atoms with Crippen molar-refractivity contribution in [3.8, 4) is 5.75 Å². The first-order chi connectivity index (χ1) is 9.61. The van der Waals surface area contributed by atoms with Crippen molar-refractivity contribution in [2.24, 2.45) is 5.41 Å². The summed E-state index contributed by atoms with van der Waals surface area (Å²) in [5, 5.41) is 6.39. The molecule has 20 heavy (non-hydrogen) atoms. The summed E-state index contributed by atoms with van der Waals surface area (Å²) in [6.45, 7) is 5.92. The van der Waals surface area contributed by atoms with E-state index < -0.39 is 0 Å². The summed E-state index contributed by atoms with van der Waals surface area (Å²) in [6.07, 6.45) is 2.70. The van der Waals surface area contributed by atoms with Crippen LogP contribution in [-0.4, -0.2) is 26.1 Å². The first kappa shape index (κ1) is 14.9. The van der Waals surface area contributed by atoms with E-state index in [0.717, 1.165) is 49.4 Å². The molecular weight excluding hydrogens is 252 g/mol. The van der Waals surface area contributed by atoms with E-state index in [9.17, 15) is 4.79 Å². The highest BCUT2D eigenvalue weighted by atomic mass is 16.5. The average molecular weight is 276 g/mol. The maximum absolute atomic E-state index is 12.6. The van der Waals surface area contributed by atoms with Crippen molar-refractivity contribution in [3.63, 3.8) is 0 Å². The number of hydrogen-bond acceptors (Lipinski definition) is 3. The second-order valence-electron chi connectivity index (χ2n) is 5.52. The van der Waals surface area contributed by atoms with Crippen LogP contribution in [-0.2, 0) is 4.79 Å². The summed E-state index contributed by atoms with van der Waals surface area (Å²) in [7, 11) is 1.65. The second-order valence-corrected chi connectivity index (χ2v) is 5.52. The van der Waals surface area contributed by atoms with Gasteiger partial charge in [0.05, 0.1) is 12.5 Å². The molecule has 2 rings (SSSR count). The molecule has 1 aliphatic rings. The highest BCUT2D eigenvalue weighted by Gasteiger charge is 2.37. The molecule has 1 heterocycles. The maximum atomic E-state index is 12.6. The molecule has 0 bridgehead atoms. The Kier molecular flexibility index (Phi) is 4.65. The van der Waals surface area contributed by atoms with Crippen LogP contribution in [0, 0.1) is 12.3 Å². The summed E-state index contributed by atoms with van der Waals surface area (Å²) in [4.78, 5) is 12.6. The van der Waals surface area contributed by atoms with Crippen molar-refractivity contribution >= 4 is 11.6 Å². The van der Waals surface area contributed by atoms with Gasteiger partial charge < -0.3 is 15.4 Å². The quantitative estimate of drug-likeness (QED) is 0.889. The molecule has 0 spiro atoms. The fourth-order valence-electron chi connectivity index (χ4n) is 2.87. The predicted molar refractivity (Wildman–Crippen MR) is 81.2 cm³/mol. The lowest BCUT2D eigenvalue weighted by Gasteiger charge is -2.35. The zero-order valence-corrected chi connectivity index (χ0v) is 12.6. The van der Waals surface area contributed by atoms with Crippen LogP contribution in [0.2, 0.25) is 0 Å². The van der Waals surface area contributed by atoms with Crippen molar-refractivity contribution in [1.29, 1.82) is 0 Å². The Morgan fingerprint density at radius 2 is 2.10 bits per heavy atom. The molecular formula is C16H24N2O2. The Morgan fingerprint density at radius 3 is 2.65 bits per heavy atom. The average Bonchev–Trinajstić information content (AvgIpc) is 2.48. The number of piperidine rings is 1. The number of amides is 1. The minimum absolute atomic E-state index is 0.145. The number of anilines is 1. The van der Waals surface area contributed by atoms with Gasteiger partial charge in [-0.1, -0.05) is 6.92 Å². The molecule has 4 nitrogen and oxygen atoms in total. The number of carbonyl (C=O) groups is 1. The summed E-state index contributed by atoms with van der Waals surface area (Å²) in [5.41, 5.74) is 1.65. The Morgan fingerprint density at radius 1 is 1.40 bits per heavy atom. The number of hydrogen-bond donors (Lipinski definition) is 2. The van der Waals surface area contributed by atoms with Crippen LogP contribution in [0.3, 0.4) is 0 Å². The van der Waals surface area contributed by atoms with Crippen LogP contribution in [0.1, 0.15) is 31.7 Å². The zero-order chi connectivity index (χ0) is 14.6. The van der Waals surface area contributed by atoms with Crippen LogP contribution in [0.25, 0.3) is 0 Å². The van der Waals surface area contributed by atoms with Gasteiger partial charge in [0.25, 0.3) is 0 Å². The molecule has 0 atom stereocenters. The molecule has 0 aromatic heterocycles. The first-order valence-electron chi connectivity index (χ1n) is 7.28. The summed E-state index contributed by atoms with van der Waals surface area (Å²) >= 11 is 0. The Bertz CT molecular complexity index is 479. The van der Waals surface area contributed by atoms with E-state index in [4.69, 9.17) is 4.74 Å². The van der Waals surface area contributed by atoms with E-state index in [1.807, 2.05) is 25.1 Å². The van der Waals surface area contributed by atoms with Crippen molar-refractivity contribution in [3.05, 3.63) is 23.8 Å². The number of rotatable bonds is 4. The summed E-state index contributed by atoms with van der Waals surface area (Å²) in [6, 6.07) is 5.75. The fourth-order valence-corrected chi connectivity index (χ4v) is 2.87. The largest absolute Gasteiger partial charge is 0.496 e. The van der Waals surface area contributed by atoms with Crippen LogP contribution in [0.4, 0.5) is 5.69 Å². The molecule has 1 aliphatic heterocycles. The topological polar surface area (TPSA) is 50.4 Å². The van der Waals surface area contributed by atoms with Crippen molar-refractivity contribution in [1.82, 2.24) is 5.32 Å². The second kappa shape index (κ2) is 6.27. The van der Waals surface area contributed by atoms with E-state index in [-0.39, 0.29) is 11.3 Å². The Balaban J connectivity index is 2.12. The third kappa shape index (κ3) is 2.96. The van der Waals surface area contributed by atoms with E-state index >= 15 is 0 Å². The maximum Gasteiger partial charge on any atom is 0.230 e. The molecule has 4 heteroatoms. The minimum atomic E-state index is -0.223. The van der Waals surface area contributed by atoms with Crippen LogP contribution < -0.4 is 15.4 Å². The smallest absolute Gasteiger partial charge is 0.230 e. The number of carbonyl (C=O) groups excluding carboxylic acids is 1. The third-order valence-corrected chi connectivity index (χ3v) is 4.37. The molecule has 0 radical (unpaired) electrons. The molecule has 110 valence electrons. The number of methoxy groups -OCH3 is 1. The van der Waals surface area contributed by atoms with Crippen LogP contribution >= 0.6 is 0 Å². The van der Waals surface area contributed by atoms with E-state index in [2.05, 4.69) is 17.6 Å². The summed E-state index contributed by atoms with van der Waals surface area (Å²) in [5.74, 6) is 0.987. The predicted octanol–water partition coefficient (Wildman–Crippen LogP) is 2.72. The molecule has 1 fully saturated rings. The van der Waals surface area contributed by atoms with Gasteiger partial charge in [-0.25, -0.2) is 0 Å². The van der Waals surface area contributed by atoms with Crippen molar-refractivity contribution in [2.45, 2.75) is 33.1 Å². The number of benzene rings is 1. The van der Waals surface area contributed by atoms with Gasteiger partial charge in [-0.2, -0.15) is 0 Å². The Hall–Kier alpha value is -1.55. The van der Waals surface area contributed by atoms with Gasteiger partial charge >= 0.3 is 0 Å². The molecule has 2 N–H and O–H groups in total. The third-order valence-electron chi connectivity index (χ3n) is 4.37. The molecule has 0 aliphatic carbocycles. The van der Waals surface area contributed by atoms with Gasteiger partial charge in [-0.05, 0) is 63.0 Å². The molecule has 1 saturated heterocycles.